The largest absolute Gasteiger partial charge is 0.462 e. The molecule has 1 unspecified atom stereocenters. The van der Waals surface area contributed by atoms with Crippen LogP contribution in [-0.2, 0) is 22.4 Å². The zero-order valence-electron chi connectivity index (χ0n) is 8.80. The SMILES string of the molecule is CC(=O)OC1Cc2cccc([N+](=O)[O-])c2C1. The lowest BCUT2D eigenvalue weighted by molar-refractivity contribution is -0.385. The summed E-state index contributed by atoms with van der Waals surface area (Å²) in [6.07, 6.45) is 0.747. The molecule has 0 amide bonds. The van der Waals surface area contributed by atoms with Crippen LogP contribution < -0.4 is 0 Å². The van der Waals surface area contributed by atoms with Crippen molar-refractivity contribution < 1.29 is 14.5 Å². The summed E-state index contributed by atoms with van der Waals surface area (Å²) >= 11 is 0. The van der Waals surface area contributed by atoms with Crippen LogP contribution >= 0.6 is 0 Å². The number of fused-ring (bicyclic) bond motifs is 1. The monoisotopic (exact) mass is 221 g/mol. The molecule has 1 aliphatic rings. The van der Waals surface area contributed by atoms with Gasteiger partial charge in [-0.2, -0.15) is 0 Å². The third-order valence-electron chi connectivity index (χ3n) is 2.66. The fraction of sp³-hybridized carbons (Fsp3) is 0.364. The second-order valence-corrected chi connectivity index (χ2v) is 3.81. The predicted octanol–water partition coefficient (Wildman–Crippen LogP) is 1.63. The molecule has 0 aromatic heterocycles. The number of hydrogen-bond donors (Lipinski definition) is 0. The molecule has 0 radical (unpaired) electrons. The van der Waals surface area contributed by atoms with Crippen LogP contribution in [0.2, 0.25) is 0 Å². The molecule has 16 heavy (non-hydrogen) atoms. The number of benzene rings is 1. The molecule has 0 saturated carbocycles. The van der Waals surface area contributed by atoms with Crippen molar-refractivity contribution in [3.05, 3.63) is 39.4 Å². The first-order valence-corrected chi connectivity index (χ1v) is 5.00. The molecule has 84 valence electrons. The van der Waals surface area contributed by atoms with Crippen LogP contribution in [0.1, 0.15) is 18.1 Å². The quantitative estimate of drug-likeness (QED) is 0.432. The van der Waals surface area contributed by atoms with Crippen molar-refractivity contribution in [2.75, 3.05) is 0 Å². The Bertz CT molecular complexity index is 455. The molecule has 0 aliphatic heterocycles. The van der Waals surface area contributed by atoms with Gasteiger partial charge in [-0.05, 0) is 5.56 Å². The lowest BCUT2D eigenvalue weighted by atomic mass is 10.1. The number of rotatable bonds is 2. The zero-order chi connectivity index (χ0) is 11.7. The Morgan fingerprint density at radius 1 is 1.50 bits per heavy atom. The summed E-state index contributed by atoms with van der Waals surface area (Å²) in [5.41, 5.74) is 1.71. The minimum atomic E-state index is -0.394. The Morgan fingerprint density at radius 2 is 2.25 bits per heavy atom. The lowest BCUT2D eigenvalue weighted by Crippen LogP contribution is -2.16. The summed E-state index contributed by atoms with van der Waals surface area (Å²) in [5, 5.41) is 10.8. The van der Waals surface area contributed by atoms with E-state index in [1.165, 1.54) is 13.0 Å². The fourth-order valence-corrected chi connectivity index (χ4v) is 2.08. The van der Waals surface area contributed by atoms with Gasteiger partial charge in [0.25, 0.3) is 5.69 Å². The summed E-state index contributed by atoms with van der Waals surface area (Å²) in [5.74, 6) is -0.347. The van der Waals surface area contributed by atoms with E-state index in [4.69, 9.17) is 4.74 Å². The standard InChI is InChI=1S/C11H11NO4/c1-7(13)16-9-5-8-3-2-4-11(12(14)15)10(8)6-9/h2-4,9H,5-6H2,1H3. The molecule has 0 saturated heterocycles. The van der Waals surface area contributed by atoms with Gasteiger partial charge in [0.1, 0.15) is 6.10 Å². The van der Waals surface area contributed by atoms with Crippen molar-refractivity contribution in [2.45, 2.75) is 25.9 Å². The maximum Gasteiger partial charge on any atom is 0.302 e. The third-order valence-corrected chi connectivity index (χ3v) is 2.66. The number of carbonyl (C=O) groups excluding carboxylic acids is 1. The Kier molecular flexibility index (Phi) is 2.60. The van der Waals surface area contributed by atoms with Gasteiger partial charge >= 0.3 is 5.97 Å². The number of nitro benzene ring substituents is 1. The van der Waals surface area contributed by atoms with E-state index >= 15 is 0 Å². The second-order valence-electron chi connectivity index (χ2n) is 3.81. The Labute approximate surface area is 92.2 Å². The zero-order valence-corrected chi connectivity index (χ0v) is 8.80. The molecule has 0 fully saturated rings. The number of hydrogen-bond acceptors (Lipinski definition) is 4. The maximum atomic E-state index is 10.8. The van der Waals surface area contributed by atoms with E-state index in [2.05, 4.69) is 0 Å². The molecule has 1 aliphatic carbocycles. The highest BCUT2D eigenvalue weighted by Crippen LogP contribution is 2.31. The van der Waals surface area contributed by atoms with Gasteiger partial charge in [-0.15, -0.1) is 0 Å². The van der Waals surface area contributed by atoms with Crippen LogP contribution in [0.15, 0.2) is 18.2 Å². The first kappa shape index (κ1) is 10.6. The van der Waals surface area contributed by atoms with Gasteiger partial charge in [0.05, 0.1) is 4.92 Å². The molecule has 1 atom stereocenters. The number of nitro groups is 1. The van der Waals surface area contributed by atoms with E-state index in [1.54, 1.807) is 6.07 Å². The van der Waals surface area contributed by atoms with Crippen molar-refractivity contribution in [3.8, 4) is 0 Å². The molecular weight excluding hydrogens is 210 g/mol. The highest BCUT2D eigenvalue weighted by Gasteiger charge is 2.29. The summed E-state index contributed by atoms with van der Waals surface area (Å²) < 4.78 is 5.07. The minimum absolute atomic E-state index is 0.118. The summed E-state index contributed by atoms with van der Waals surface area (Å²) in [7, 11) is 0. The molecule has 5 heteroatoms. The van der Waals surface area contributed by atoms with Gasteiger partial charge in [-0.25, -0.2) is 0 Å². The van der Waals surface area contributed by atoms with Gasteiger partial charge in [-0.3, -0.25) is 14.9 Å². The van der Waals surface area contributed by atoms with Gasteiger partial charge in [-0.1, -0.05) is 12.1 Å². The Hall–Kier alpha value is -1.91. The van der Waals surface area contributed by atoms with E-state index in [-0.39, 0.29) is 17.8 Å². The lowest BCUT2D eigenvalue weighted by Gasteiger charge is -2.08. The molecule has 0 spiro atoms. The average Bonchev–Trinajstić information content (AvgIpc) is 2.57. The van der Waals surface area contributed by atoms with Crippen molar-refractivity contribution in [2.24, 2.45) is 0 Å². The Morgan fingerprint density at radius 3 is 2.88 bits per heavy atom. The molecule has 2 rings (SSSR count). The number of carbonyl (C=O) groups is 1. The molecule has 0 N–H and O–H groups in total. The highest BCUT2D eigenvalue weighted by atomic mass is 16.6. The number of esters is 1. The second kappa shape index (κ2) is 3.92. The van der Waals surface area contributed by atoms with Crippen molar-refractivity contribution in [1.29, 1.82) is 0 Å². The van der Waals surface area contributed by atoms with E-state index in [9.17, 15) is 14.9 Å². The van der Waals surface area contributed by atoms with Crippen LogP contribution in [0, 0.1) is 10.1 Å². The first-order valence-electron chi connectivity index (χ1n) is 5.00. The van der Waals surface area contributed by atoms with Crippen LogP contribution in [-0.4, -0.2) is 17.0 Å². The van der Waals surface area contributed by atoms with Gasteiger partial charge < -0.3 is 4.74 Å². The predicted molar refractivity (Wildman–Crippen MR) is 56.1 cm³/mol. The fourth-order valence-electron chi connectivity index (χ4n) is 2.08. The molecular formula is C11H11NO4. The maximum absolute atomic E-state index is 10.8. The Balaban J connectivity index is 2.26. The first-order chi connectivity index (χ1) is 7.58. The normalized spacial score (nSPS) is 17.9. The highest BCUT2D eigenvalue weighted by molar-refractivity contribution is 5.66. The van der Waals surface area contributed by atoms with Gasteiger partial charge in [0.2, 0.25) is 0 Å². The summed E-state index contributed by atoms with van der Waals surface area (Å²) in [4.78, 5) is 21.2. The third kappa shape index (κ3) is 1.88. The molecule has 1 aromatic carbocycles. The topological polar surface area (TPSA) is 69.4 Å². The van der Waals surface area contributed by atoms with Gasteiger partial charge in [0, 0.05) is 31.4 Å². The smallest absolute Gasteiger partial charge is 0.302 e. The number of ether oxygens (including phenoxy) is 1. The minimum Gasteiger partial charge on any atom is -0.462 e. The van der Waals surface area contributed by atoms with E-state index in [1.807, 2.05) is 6.07 Å². The van der Waals surface area contributed by atoms with E-state index in [0.29, 0.717) is 18.4 Å². The molecule has 0 bridgehead atoms. The van der Waals surface area contributed by atoms with Crippen molar-refractivity contribution >= 4 is 11.7 Å². The van der Waals surface area contributed by atoms with Crippen LogP contribution in [0.3, 0.4) is 0 Å². The van der Waals surface area contributed by atoms with E-state index in [0.717, 1.165) is 5.56 Å². The summed E-state index contributed by atoms with van der Waals surface area (Å²) in [6, 6.07) is 4.98. The average molecular weight is 221 g/mol. The van der Waals surface area contributed by atoms with Crippen LogP contribution in [0.25, 0.3) is 0 Å². The van der Waals surface area contributed by atoms with Crippen molar-refractivity contribution in [1.82, 2.24) is 0 Å². The summed E-state index contributed by atoms with van der Waals surface area (Å²) in [6.45, 7) is 1.34. The molecule has 1 aromatic rings. The number of nitrogens with zero attached hydrogens (tertiary/aromatic N) is 1. The van der Waals surface area contributed by atoms with Crippen molar-refractivity contribution in [3.63, 3.8) is 0 Å². The molecule has 0 heterocycles. The van der Waals surface area contributed by atoms with E-state index < -0.39 is 4.92 Å². The van der Waals surface area contributed by atoms with Crippen LogP contribution in [0.5, 0.6) is 0 Å². The van der Waals surface area contributed by atoms with Crippen LogP contribution in [0.4, 0.5) is 5.69 Å². The van der Waals surface area contributed by atoms with Gasteiger partial charge in [0.15, 0.2) is 0 Å². The molecule has 5 nitrogen and oxygen atoms in total.